The molecule has 2 N–H and O–H groups in total. The molecule has 0 radical (unpaired) electrons. The van der Waals surface area contributed by atoms with E-state index >= 15 is 0 Å². The molecule has 5 heteroatoms. The smallest absolute Gasteiger partial charge is 0.213 e. The van der Waals surface area contributed by atoms with Gasteiger partial charge in [0.1, 0.15) is 0 Å². The van der Waals surface area contributed by atoms with Crippen LogP contribution in [0.15, 0.2) is 48.9 Å². The third kappa shape index (κ3) is 4.31. The molecule has 3 heterocycles. The SMILES string of the molecule is CCOc1ccc(-c2cncc(-c3cc(C)cc(C)c3)c2N2CCC(N)CC2)cn1. The van der Waals surface area contributed by atoms with E-state index in [1.165, 1.54) is 22.4 Å². The Morgan fingerprint density at radius 2 is 1.63 bits per heavy atom. The van der Waals surface area contributed by atoms with E-state index in [4.69, 9.17) is 10.5 Å². The van der Waals surface area contributed by atoms with Crippen LogP contribution < -0.4 is 15.4 Å². The highest BCUT2D eigenvalue weighted by molar-refractivity contribution is 5.90. The zero-order chi connectivity index (χ0) is 21.1. The van der Waals surface area contributed by atoms with Gasteiger partial charge in [0, 0.05) is 60.5 Å². The number of anilines is 1. The van der Waals surface area contributed by atoms with Crippen molar-refractivity contribution >= 4 is 5.69 Å². The zero-order valence-electron chi connectivity index (χ0n) is 18.1. The summed E-state index contributed by atoms with van der Waals surface area (Å²) in [6.07, 6.45) is 7.81. The lowest BCUT2D eigenvalue weighted by atomic mass is 9.94. The molecular weight excluding hydrogens is 372 g/mol. The molecule has 0 bridgehead atoms. The van der Waals surface area contributed by atoms with Gasteiger partial charge in [-0.1, -0.05) is 29.3 Å². The van der Waals surface area contributed by atoms with Crippen molar-refractivity contribution in [3.05, 3.63) is 60.0 Å². The largest absolute Gasteiger partial charge is 0.478 e. The van der Waals surface area contributed by atoms with E-state index in [1.807, 2.05) is 31.6 Å². The van der Waals surface area contributed by atoms with E-state index in [-0.39, 0.29) is 6.04 Å². The first-order chi connectivity index (χ1) is 14.5. The number of aromatic nitrogens is 2. The van der Waals surface area contributed by atoms with E-state index in [2.05, 4.69) is 53.0 Å². The summed E-state index contributed by atoms with van der Waals surface area (Å²) in [7, 11) is 0. The molecular formula is C25H30N4O. The summed E-state index contributed by atoms with van der Waals surface area (Å²) in [5.41, 5.74) is 14.4. The van der Waals surface area contributed by atoms with E-state index < -0.39 is 0 Å². The molecule has 5 nitrogen and oxygen atoms in total. The van der Waals surface area contributed by atoms with Crippen LogP contribution in [-0.4, -0.2) is 35.7 Å². The summed E-state index contributed by atoms with van der Waals surface area (Å²) in [6.45, 7) is 8.75. The average molecular weight is 403 g/mol. The van der Waals surface area contributed by atoms with E-state index in [1.54, 1.807) is 0 Å². The summed E-state index contributed by atoms with van der Waals surface area (Å²) in [5, 5.41) is 0. The molecule has 1 aromatic carbocycles. The van der Waals surface area contributed by atoms with Gasteiger partial charge in [0.25, 0.3) is 0 Å². The van der Waals surface area contributed by atoms with Gasteiger partial charge >= 0.3 is 0 Å². The van der Waals surface area contributed by atoms with Gasteiger partial charge in [0.05, 0.1) is 12.3 Å². The zero-order valence-corrected chi connectivity index (χ0v) is 18.1. The minimum absolute atomic E-state index is 0.281. The number of rotatable bonds is 5. The Morgan fingerprint density at radius 1 is 0.967 bits per heavy atom. The van der Waals surface area contributed by atoms with Crippen molar-refractivity contribution in [2.75, 3.05) is 24.6 Å². The van der Waals surface area contributed by atoms with Gasteiger partial charge in [-0.3, -0.25) is 4.98 Å². The number of nitrogens with zero attached hydrogens (tertiary/aromatic N) is 3. The Labute approximate surface area is 178 Å². The van der Waals surface area contributed by atoms with Gasteiger partial charge in [0.15, 0.2) is 0 Å². The van der Waals surface area contributed by atoms with E-state index in [9.17, 15) is 0 Å². The molecule has 30 heavy (non-hydrogen) atoms. The number of hydrogen-bond donors (Lipinski definition) is 1. The monoisotopic (exact) mass is 402 g/mol. The Bertz CT molecular complexity index is 988. The molecule has 1 saturated heterocycles. The maximum absolute atomic E-state index is 6.20. The highest BCUT2D eigenvalue weighted by Gasteiger charge is 2.23. The van der Waals surface area contributed by atoms with Crippen LogP contribution >= 0.6 is 0 Å². The molecule has 0 atom stereocenters. The molecule has 4 rings (SSSR count). The van der Waals surface area contributed by atoms with Crippen molar-refractivity contribution in [3.8, 4) is 28.1 Å². The Hall–Kier alpha value is -2.92. The van der Waals surface area contributed by atoms with Gasteiger partial charge in [-0.2, -0.15) is 0 Å². The van der Waals surface area contributed by atoms with E-state index in [0.29, 0.717) is 12.5 Å². The van der Waals surface area contributed by atoms with Gasteiger partial charge in [0.2, 0.25) is 5.88 Å². The third-order valence-electron chi connectivity index (χ3n) is 5.65. The molecule has 156 valence electrons. The Balaban J connectivity index is 1.85. The van der Waals surface area contributed by atoms with E-state index in [0.717, 1.165) is 42.6 Å². The van der Waals surface area contributed by atoms with Crippen LogP contribution in [0.2, 0.25) is 0 Å². The molecule has 1 aliphatic rings. The second-order valence-corrected chi connectivity index (χ2v) is 8.10. The number of nitrogens with two attached hydrogens (primary N) is 1. The first-order valence-corrected chi connectivity index (χ1v) is 10.7. The lowest BCUT2D eigenvalue weighted by molar-refractivity contribution is 0.327. The fraction of sp³-hybridized carbons (Fsp3) is 0.360. The maximum Gasteiger partial charge on any atom is 0.213 e. The summed E-state index contributed by atoms with van der Waals surface area (Å²) in [4.78, 5) is 11.6. The number of ether oxygens (including phenoxy) is 1. The number of benzene rings is 1. The molecule has 1 aliphatic heterocycles. The van der Waals surface area contributed by atoms with Crippen LogP contribution in [0.25, 0.3) is 22.3 Å². The summed E-state index contributed by atoms with van der Waals surface area (Å²) in [5.74, 6) is 0.644. The van der Waals surface area contributed by atoms with Gasteiger partial charge in [-0.25, -0.2) is 4.98 Å². The standard InChI is InChI=1S/C25H30N4O/c1-4-30-24-6-5-19(14-28-24)22-15-27-16-23(20-12-17(2)11-18(3)13-20)25(22)29-9-7-21(26)8-10-29/h5-6,11-16,21H,4,7-10,26H2,1-3H3. The number of piperidine rings is 1. The highest BCUT2D eigenvalue weighted by atomic mass is 16.5. The second kappa shape index (κ2) is 8.84. The highest BCUT2D eigenvalue weighted by Crippen LogP contribution is 2.40. The molecule has 0 saturated carbocycles. The van der Waals surface area contributed by atoms with Crippen molar-refractivity contribution in [1.82, 2.24) is 9.97 Å². The lowest BCUT2D eigenvalue weighted by Gasteiger charge is -2.35. The minimum atomic E-state index is 0.281. The van der Waals surface area contributed by atoms with Crippen molar-refractivity contribution in [1.29, 1.82) is 0 Å². The van der Waals surface area contributed by atoms with Gasteiger partial charge in [-0.05, 0) is 45.2 Å². The number of aryl methyl sites for hydroxylation is 2. The molecule has 0 spiro atoms. The summed E-state index contributed by atoms with van der Waals surface area (Å²) in [6, 6.07) is 11.0. The maximum atomic E-state index is 6.20. The van der Waals surface area contributed by atoms with Crippen molar-refractivity contribution in [2.24, 2.45) is 5.73 Å². The van der Waals surface area contributed by atoms with Gasteiger partial charge in [-0.15, -0.1) is 0 Å². The van der Waals surface area contributed by atoms with Crippen LogP contribution in [0.3, 0.4) is 0 Å². The van der Waals surface area contributed by atoms with Crippen molar-refractivity contribution in [3.63, 3.8) is 0 Å². The predicted molar refractivity (Wildman–Crippen MR) is 123 cm³/mol. The van der Waals surface area contributed by atoms with Crippen LogP contribution in [0.4, 0.5) is 5.69 Å². The molecule has 0 aliphatic carbocycles. The first kappa shape index (κ1) is 20.4. The summed E-state index contributed by atoms with van der Waals surface area (Å²) < 4.78 is 5.52. The predicted octanol–water partition coefficient (Wildman–Crippen LogP) is 4.75. The summed E-state index contributed by atoms with van der Waals surface area (Å²) >= 11 is 0. The van der Waals surface area contributed by atoms with Crippen LogP contribution in [0, 0.1) is 13.8 Å². The first-order valence-electron chi connectivity index (χ1n) is 10.7. The normalized spacial score (nSPS) is 14.7. The number of pyridine rings is 2. The van der Waals surface area contributed by atoms with Gasteiger partial charge < -0.3 is 15.4 Å². The second-order valence-electron chi connectivity index (χ2n) is 8.10. The molecule has 1 fully saturated rings. The Morgan fingerprint density at radius 3 is 2.23 bits per heavy atom. The molecule has 2 aromatic heterocycles. The van der Waals surface area contributed by atoms with Crippen molar-refractivity contribution in [2.45, 2.75) is 39.7 Å². The molecule has 0 unspecified atom stereocenters. The average Bonchev–Trinajstić information content (AvgIpc) is 2.74. The molecule has 0 amide bonds. The van der Waals surface area contributed by atoms with Crippen LogP contribution in [0.1, 0.15) is 30.9 Å². The van der Waals surface area contributed by atoms with Crippen molar-refractivity contribution < 1.29 is 4.74 Å². The van der Waals surface area contributed by atoms with Crippen LogP contribution in [-0.2, 0) is 0 Å². The lowest BCUT2D eigenvalue weighted by Crippen LogP contribution is -2.40. The minimum Gasteiger partial charge on any atom is -0.478 e. The van der Waals surface area contributed by atoms with Crippen LogP contribution in [0.5, 0.6) is 5.88 Å². The topological polar surface area (TPSA) is 64.3 Å². The third-order valence-corrected chi connectivity index (χ3v) is 5.65. The molecule has 3 aromatic rings. The quantitative estimate of drug-likeness (QED) is 0.667. The fourth-order valence-electron chi connectivity index (χ4n) is 4.24. The fourth-order valence-corrected chi connectivity index (χ4v) is 4.24. The Kier molecular flexibility index (Phi) is 6.00. The number of hydrogen-bond acceptors (Lipinski definition) is 5.